The predicted molar refractivity (Wildman–Crippen MR) is 119 cm³/mol. The molecule has 29 heavy (non-hydrogen) atoms. The van der Waals surface area contributed by atoms with Gasteiger partial charge < -0.3 is 0 Å². The van der Waals surface area contributed by atoms with Crippen LogP contribution in [0.4, 0.5) is 11.6 Å². The van der Waals surface area contributed by atoms with Gasteiger partial charge in [-0.2, -0.15) is 0 Å². The number of rotatable bonds is 3. The Balaban J connectivity index is 1.78. The normalized spacial score (nSPS) is 25.1. The second kappa shape index (κ2) is 7.94. The van der Waals surface area contributed by atoms with Crippen LogP contribution in [0.1, 0.15) is 56.9 Å². The first-order valence-electron chi connectivity index (χ1n) is 11.1. The fourth-order valence-electron chi connectivity index (χ4n) is 4.93. The lowest BCUT2D eigenvalue weighted by Gasteiger charge is -2.46. The smallest absolute Gasteiger partial charge is 0.259 e. The van der Waals surface area contributed by atoms with Crippen molar-refractivity contribution in [1.29, 1.82) is 0 Å². The molecule has 0 radical (unpaired) electrons. The summed E-state index contributed by atoms with van der Waals surface area (Å²) in [6.07, 6.45) is 4.81. The first-order chi connectivity index (χ1) is 13.9. The van der Waals surface area contributed by atoms with Gasteiger partial charge in [0.2, 0.25) is 5.95 Å². The van der Waals surface area contributed by atoms with Crippen molar-refractivity contribution in [2.75, 3.05) is 11.6 Å². The van der Waals surface area contributed by atoms with Gasteiger partial charge in [-0.1, -0.05) is 45.7 Å². The summed E-state index contributed by atoms with van der Waals surface area (Å²) in [5, 5.41) is 0. The van der Waals surface area contributed by atoms with E-state index in [0.717, 1.165) is 41.9 Å². The summed E-state index contributed by atoms with van der Waals surface area (Å²) in [5.74, 6) is 2.13. The summed E-state index contributed by atoms with van der Waals surface area (Å²) in [7, 11) is 0. The molecule has 5 nitrogen and oxygen atoms in total. The quantitative estimate of drug-likeness (QED) is 0.762. The molecular formula is C24H34N4O. The molecule has 0 N–H and O–H groups in total. The van der Waals surface area contributed by atoms with Gasteiger partial charge in [0, 0.05) is 23.0 Å². The van der Waals surface area contributed by atoms with Gasteiger partial charge in [-0.05, 0) is 56.2 Å². The summed E-state index contributed by atoms with van der Waals surface area (Å²) >= 11 is 0. The molecule has 1 saturated carbocycles. The molecule has 156 valence electrons. The lowest BCUT2D eigenvalue weighted by atomic mass is 9.77. The Morgan fingerprint density at radius 1 is 1.07 bits per heavy atom. The first-order valence-corrected chi connectivity index (χ1v) is 11.1. The van der Waals surface area contributed by atoms with Crippen LogP contribution in [-0.2, 0) is 13.1 Å². The molecule has 3 unspecified atom stereocenters. The zero-order valence-electron chi connectivity index (χ0n) is 18.5. The van der Waals surface area contributed by atoms with Gasteiger partial charge in [0.25, 0.3) is 5.56 Å². The third-order valence-corrected chi connectivity index (χ3v) is 7.29. The predicted octanol–water partition coefficient (Wildman–Crippen LogP) is 4.62. The topological polar surface area (TPSA) is 41.4 Å². The van der Waals surface area contributed by atoms with Crippen LogP contribution in [0.2, 0.25) is 0 Å². The summed E-state index contributed by atoms with van der Waals surface area (Å²) in [6.45, 7) is 12.2. The Hall–Kier alpha value is -2.14. The van der Waals surface area contributed by atoms with E-state index in [9.17, 15) is 4.79 Å². The van der Waals surface area contributed by atoms with Gasteiger partial charge in [-0.15, -0.1) is 0 Å². The molecule has 0 amide bonds. The van der Waals surface area contributed by atoms with Crippen molar-refractivity contribution in [3.8, 4) is 0 Å². The Kier molecular flexibility index (Phi) is 5.52. The van der Waals surface area contributed by atoms with E-state index in [1.54, 1.807) is 0 Å². The molecule has 3 atom stereocenters. The highest BCUT2D eigenvalue weighted by Crippen LogP contribution is 2.36. The Morgan fingerprint density at radius 2 is 1.79 bits per heavy atom. The van der Waals surface area contributed by atoms with Gasteiger partial charge in [0.1, 0.15) is 0 Å². The average Bonchev–Trinajstić information content (AvgIpc) is 2.74. The van der Waals surface area contributed by atoms with Gasteiger partial charge in [0.05, 0.1) is 13.3 Å². The van der Waals surface area contributed by atoms with Crippen molar-refractivity contribution >= 4 is 11.6 Å². The SMILES string of the molecule is CCc1ccc(N2CN(C3CCCC(C)C3C)Cn3c2nc(C)c(C)c3=O)cc1. The van der Waals surface area contributed by atoms with Crippen molar-refractivity contribution in [3.05, 3.63) is 51.4 Å². The maximum Gasteiger partial charge on any atom is 0.259 e. The average molecular weight is 395 g/mol. The number of aromatic nitrogens is 2. The summed E-state index contributed by atoms with van der Waals surface area (Å²) in [5.41, 5.74) is 4.09. The number of nitrogens with zero attached hydrogens (tertiary/aromatic N) is 4. The molecule has 1 aromatic carbocycles. The van der Waals surface area contributed by atoms with Crippen LogP contribution >= 0.6 is 0 Å². The Morgan fingerprint density at radius 3 is 2.48 bits per heavy atom. The molecular weight excluding hydrogens is 360 g/mol. The molecule has 1 fully saturated rings. The van der Waals surface area contributed by atoms with E-state index in [2.05, 4.69) is 54.8 Å². The first kappa shape index (κ1) is 20.1. The van der Waals surface area contributed by atoms with Crippen molar-refractivity contribution in [1.82, 2.24) is 14.5 Å². The fraction of sp³-hybridized carbons (Fsp3) is 0.583. The largest absolute Gasteiger partial charge is 0.298 e. The molecule has 5 heteroatoms. The van der Waals surface area contributed by atoms with Crippen molar-refractivity contribution < 1.29 is 0 Å². The number of anilines is 2. The van der Waals surface area contributed by atoms with Crippen LogP contribution in [0.3, 0.4) is 0 Å². The van der Waals surface area contributed by atoms with E-state index in [1.807, 2.05) is 18.4 Å². The molecule has 0 saturated heterocycles. The minimum Gasteiger partial charge on any atom is -0.298 e. The third-order valence-electron chi connectivity index (χ3n) is 7.29. The van der Waals surface area contributed by atoms with Crippen LogP contribution in [0.5, 0.6) is 0 Å². The Bertz CT molecular complexity index is 933. The molecule has 1 aliphatic carbocycles. The summed E-state index contributed by atoms with van der Waals surface area (Å²) < 4.78 is 1.88. The van der Waals surface area contributed by atoms with E-state index in [4.69, 9.17) is 4.98 Å². The van der Waals surface area contributed by atoms with E-state index in [1.165, 1.54) is 24.8 Å². The third kappa shape index (κ3) is 3.61. The lowest BCUT2D eigenvalue weighted by molar-refractivity contribution is 0.0491. The van der Waals surface area contributed by atoms with Gasteiger partial charge in [-0.3, -0.25) is 19.2 Å². The van der Waals surface area contributed by atoms with Crippen LogP contribution in [0.15, 0.2) is 29.1 Å². The van der Waals surface area contributed by atoms with Gasteiger partial charge >= 0.3 is 0 Å². The highest BCUT2D eigenvalue weighted by atomic mass is 16.1. The number of hydrogen-bond acceptors (Lipinski definition) is 4. The van der Waals surface area contributed by atoms with E-state index >= 15 is 0 Å². The van der Waals surface area contributed by atoms with Crippen LogP contribution in [0.25, 0.3) is 0 Å². The van der Waals surface area contributed by atoms with Crippen LogP contribution in [-0.4, -0.2) is 27.2 Å². The zero-order chi connectivity index (χ0) is 20.7. The molecule has 0 spiro atoms. The zero-order valence-corrected chi connectivity index (χ0v) is 18.5. The van der Waals surface area contributed by atoms with Gasteiger partial charge in [0.15, 0.2) is 0 Å². The maximum atomic E-state index is 13.2. The number of benzene rings is 1. The molecule has 2 aromatic rings. The molecule has 2 aliphatic rings. The monoisotopic (exact) mass is 394 g/mol. The summed E-state index contributed by atoms with van der Waals surface area (Å²) in [6, 6.07) is 9.20. The fourth-order valence-corrected chi connectivity index (χ4v) is 4.93. The molecule has 0 bridgehead atoms. The van der Waals surface area contributed by atoms with Crippen molar-refractivity contribution in [2.45, 2.75) is 73.0 Å². The lowest BCUT2D eigenvalue weighted by Crippen LogP contribution is -2.54. The second-order valence-electron chi connectivity index (χ2n) is 9.01. The van der Waals surface area contributed by atoms with Crippen molar-refractivity contribution in [3.63, 3.8) is 0 Å². The number of aryl methyl sites for hydroxylation is 2. The number of fused-ring (bicyclic) bond motifs is 1. The van der Waals surface area contributed by atoms with E-state index in [0.29, 0.717) is 18.6 Å². The van der Waals surface area contributed by atoms with Crippen molar-refractivity contribution in [2.24, 2.45) is 11.8 Å². The van der Waals surface area contributed by atoms with E-state index in [-0.39, 0.29) is 5.56 Å². The molecule has 2 heterocycles. The highest BCUT2D eigenvalue weighted by molar-refractivity contribution is 5.59. The summed E-state index contributed by atoms with van der Waals surface area (Å²) in [4.78, 5) is 22.7. The van der Waals surface area contributed by atoms with Crippen LogP contribution in [0, 0.1) is 25.7 Å². The molecule has 4 rings (SSSR count). The van der Waals surface area contributed by atoms with E-state index < -0.39 is 0 Å². The Labute approximate surface area is 174 Å². The maximum absolute atomic E-state index is 13.2. The second-order valence-corrected chi connectivity index (χ2v) is 9.01. The molecule has 1 aromatic heterocycles. The van der Waals surface area contributed by atoms with Gasteiger partial charge in [-0.25, -0.2) is 4.98 Å². The molecule has 1 aliphatic heterocycles. The number of hydrogen-bond donors (Lipinski definition) is 0. The van der Waals surface area contributed by atoms with Crippen LogP contribution < -0.4 is 10.5 Å². The minimum atomic E-state index is 0.0869. The minimum absolute atomic E-state index is 0.0869. The standard InChI is InChI=1S/C24H34N4O/c1-6-20-10-12-21(13-11-20)27-14-26(22-9-7-8-16(2)17(22)3)15-28-23(29)18(4)19(5)25-24(27)28/h10-13,16-17,22H,6-9,14-15H2,1-5H3. The highest BCUT2D eigenvalue weighted by Gasteiger charge is 2.36.